The van der Waals surface area contributed by atoms with Gasteiger partial charge < -0.3 is 19.0 Å². The van der Waals surface area contributed by atoms with E-state index in [9.17, 15) is 4.79 Å². The highest BCUT2D eigenvalue weighted by Gasteiger charge is 2.08. The second kappa shape index (κ2) is 7.64. The number of carboxylic acids is 1. The Balaban J connectivity index is 1.72. The van der Waals surface area contributed by atoms with Crippen molar-refractivity contribution in [1.29, 1.82) is 0 Å². The van der Waals surface area contributed by atoms with E-state index in [1.54, 1.807) is 6.07 Å². The van der Waals surface area contributed by atoms with Crippen LogP contribution in [0.15, 0.2) is 45.9 Å². The van der Waals surface area contributed by atoms with Crippen molar-refractivity contribution in [2.45, 2.75) is 12.0 Å². The van der Waals surface area contributed by atoms with Crippen molar-refractivity contribution in [2.75, 3.05) is 19.0 Å². The van der Waals surface area contributed by atoms with E-state index in [1.165, 1.54) is 17.8 Å². The van der Waals surface area contributed by atoms with E-state index in [2.05, 4.69) is 0 Å². The van der Waals surface area contributed by atoms with Crippen molar-refractivity contribution in [3.8, 4) is 11.5 Å². The summed E-state index contributed by atoms with van der Waals surface area (Å²) in [5, 5.41) is 9.31. The molecule has 0 aliphatic rings. The highest BCUT2D eigenvalue weighted by atomic mass is 32.2. The average molecular weight is 308 g/mol. The fourth-order valence-corrected chi connectivity index (χ4v) is 2.29. The molecule has 0 radical (unpaired) electrons. The third-order valence-electron chi connectivity index (χ3n) is 2.52. The molecule has 0 aliphatic heterocycles. The number of aromatic carboxylic acids is 1. The van der Waals surface area contributed by atoms with Gasteiger partial charge in [-0.2, -0.15) is 0 Å². The zero-order valence-electron chi connectivity index (χ0n) is 11.6. The molecule has 0 spiro atoms. The summed E-state index contributed by atoms with van der Waals surface area (Å²) in [6.07, 6.45) is 0. The van der Waals surface area contributed by atoms with Crippen LogP contribution in [0.3, 0.4) is 0 Å². The Bertz CT molecular complexity index is 576. The summed E-state index contributed by atoms with van der Waals surface area (Å²) in [4.78, 5) is 10.7. The number of ether oxygens (including phenoxy) is 2. The Labute approximate surface area is 126 Å². The second-order valence-corrected chi connectivity index (χ2v) is 5.12. The summed E-state index contributed by atoms with van der Waals surface area (Å²) in [5.74, 6) is 1.14. The first kappa shape index (κ1) is 15.3. The SMILES string of the molecule is CCOc1ccc(OCCSc2ccc(C(=O)O)o2)cc1. The summed E-state index contributed by atoms with van der Waals surface area (Å²) in [6, 6.07) is 10.5. The molecule has 1 aromatic carbocycles. The minimum Gasteiger partial charge on any atom is -0.494 e. The molecular weight excluding hydrogens is 292 g/mol. The first-order chi connectivity index (χ1) is 10.2. The fourth-order valence-electron chi connectivity index (χ4n) is 1.61. The minimum atomic E-state index is -1.06. The highest BCUT2D eigenvalue weighted by Crippen LogP contribution is 2.22. The molecule has 6 heteroatoms. The normalized spacial score (nSPS) is 10.3. The van der Waals surface area contributed by atoms with Crippen molar-refractivity contribution in [3.05, 3.63) is 42.2 Å². The molecule has 0 aliphatic carbocycles. The lowest BCUT2D eigenvalue weighted by Gasteiger charge is -2.07. The van der Waals surface area contributed by atoms with Gasteiger partial charge in [-0.15, -0.1) is 0 Å². The van der Waals surface area contributed by atoms with Crippen LogP contribution in [0.5, 0.6) is 11.5 Å². The van der Waals surface area contributed by atoms with E-state index in [0.29, 0.717) is 24.1 Å². The van der Waals surface area contributed by atoms with Gasteiger partial charge in [-0.3, -0.25) is 0 Å². The molecule has 5 nitrogen and oxygen atoms in total. The smallest absolute Gasteiger partial charge is 0.371 e. The summed E-state index contributed by atoms with van der Waals surface area (Å²) in [6.45, 7) is 3.08. The number of hydrogen-bond acceptors (Lipinski definition) is 5. The van der Waals surface area contributed by atoms with Crippen LogP contribution < -0.4 is 9.47 Å². The molecule has 0 saturated heterocycles. The van der Waals surface area contributed by atoms with Crippen molar-refractivity contribution in [3.63, 3.8) is 0 Å². The summed E-state index contributed by atoms with van der Waals surface area (Å²) in [7, 11) is 0. The molecule has 2 rings (SSSR count). The molecule has 0 amide bonds. The van der Waals surface area contributed by atoms with E-state index in [1.807, 2.05) is 31.2 Å². The Kier molecular flexibility index (Phi) is 5.57. The van der Waals surface area contributed by atoms with Crippen molar-refractivity contribution < 1.29 is 23.8 Å². The third-order valence-corrected chi connectivity index (χ3v) is 3.40. The van der Waals surface area contributed by atoms with Gasteiger partial charge in [0, 0.05) is 5.75 Å². The molecule has 0 saturated carbocycles. The van der Waals surface area contributed by atoms with Gasteiger partial charge >= 0.3 is 5.97 Å². The highest BCUT2D eigenvalue weighted by molar-refractivity contribution is 7.99. The Morgan fingerprint density at radius 3 is 2.38 bits per heavy atom. The largest absolute Gasteiger partial charge is 0.494 e. The number of furan rings is 1. The van der Waals surface area contributed by atoms with Gasteiger partial charge in [0.2, 0.25) is 5.76 Å². The predicted molar refractivity (Wildman–Crippen MR) is 79.5 cm³/mol. The van der Waals surface area contributed by atoms with Crippen LogP contribution >= 0.6 is 11.8 Å². The van der Waals surface area contributed by atoms with Crippen molar-refractivity contribution >= 4 is 17.7 Å². The summed E-state index contributed by atoms with van der Waals surface area (Å²) in [5.41, 5.74) is 0. The molecular formula is C15H16O5S. The number of carbonyl (C=O) groups is 1. The second-order valence-electron chi connectivity index (χ2n) is 4.03. The van der Waals surface area contributed by atoms with Gasteiger partial charge in [-0.25, -0.2) is 4.79 Å². The van der Waals surface area contributed by atoms with E-state index in [4.69, 9.17) is 19.0 Å². The number of thioether (sulfide) groups is 1. The minimum absolute atomic E-state index is 0.0510. The fraction of sp³-hybridized carbons (Fsp3) is 0.267. The van der Waals surface area contributed by atoms with Gasteiger partial charge in [-0.1, -0.05) is 11.8 Å². The van der Waals surface area contributed by atoms with Gasteiger partial charge in [0.1, 0.15) is 11.5 Å². The van der Waals surface area contributed by atoms with E-state index >= 15 is 0 Å². The van der Waals surface area contributed by atoms with Gasteiger partial charge in [0.05, 0.1) is 13.2 Å². The molecule has 2 aromatic rings. The molecule has 21 heavy (non-hydrogen) atoms. The van der Waals surface area contributed by atoms with Crippen LogP contribution in [0.4, 0.5) is 0 Å². The van der Waals surface area contributed by atoms with E-state index in [-0.39, 0.29) is 5.76 Å². The van der Waals surface area contributed by atoms with Crippen LogP contribution in [0.2, 0.25) is 0 Å². The van der Waals surface area contributed by atoms with E-state index < -0.39 is 5.97 Å². The predicted octanol–water partition coefficient (Wildman–Crippen LogP) is 3.55. The summed E-state index contributed by atoms with van der Waals surface area (Å²) < 4.78 is 16.1. The van der Waals surface area contributed by atoms with Crippen LogP contribution in [-0.4, -0.2) is 30.0 Å². The van der Waals surface area contributed by atoms with Gasteiger partial charge in [0.15, 0.2) is 5.09 Å². The molecule has 112 valence electrons. The summed E-state index contributed by atoms with van der Waals surface area (Å²) >= 11 is 1.41. The molecule has 1 aromatic heterocycles. The number of carboxylic acid groups (broad SMARTS) is 1. The quantitative estimate of drug-likeness (QED) is 0.594. The maximum atomic E-state index is 10.7. The van der Waals surface area contributed by atoms with Crippen molar-refractivity contribution in [1.82, 2.24) is 0 Å². The lowest BCUT2D eigenvalue weighted by Crippen LogP contribution is -2.00. The lowest BCUT2D eigenvalue weighted by atomic mass is 10.3. The van der Waals surface area contributed by atoms with E-state index in [0.717, 1.165) is 11.5 Å². The third kappa shape index (κ3) is 4.75. The van der Waals surface area contributed by atoms with Gasteiger partial charge in [-0.05, 0) is 43.3 Å². The van der Waals surface area contributed by atoms with Crippen LogP contribution in [0.25, 0.3) is 0 Å². The zero-order valence-corrected chi connectivity index (χ0v) is 12.4. The molecule has 0 unspecified atom stereocenters. The zero-order chi connectivity index (χ0) is 15.1. The topological polar surface area (TPSA) is 68.9 Å². The Morgan fingerprint density at radius 1 is 1.14 bits per heavy atom. The Hall–Kier alpha value is -2.08. The monoisotopic (exact) mass is 308 g/mol. The van der Waals surface area contributed by atoms with Crippen LogP contribution in [0.1, 0.15) is 17.5 Å². The first-order valence-electron chi connectivity index (χ1n) is 6.50. The molecule has 1 N–H and O–H groups in total. The van der Waals surface area contributed by atoms with Crippen molar-refractivity contribution in [2.24, 2.45) is 0 Å². The number of rotatable bonds is 8. The maximum absolute atomic E-state index is 10.7. The molecule has 0 fully saturated rings. The maximum Gasteiger partial charge on any atom is 0.371 e. The first-order valence-corrected chi connectivity index (χ1v) is 7.49. The number of hydrogen-bond donors (Lipinski definition) is 1. The Morgan fingerprint density at radius 2 is 1.81 bits per heavy atom. The molecule has 0 bridgehead atoms. The standard InChI is InChI=1S/C15H16O5S/c1-2-18-11-3-5-12(6-4-11)19-9-10-21-14-8-7-13(20-14)15(16)17/h3-8H,2,9-10H2,1H3,(H,16,17). The lowest BCUT2D eigenvalue weighted by molar-refractivity contribution is 0.0656. The average Bonchev–Trinajstić information content (AvgIpc) is 2.95. The number of benzene rings is 1. The molecule has 1 heterocycles. The van der Waals surface area contributed by atoms with Crippen LogP contribution in [-0.2, 0) is 0 Å². The van der Waals surface area contributed by atoms with Gasteiger partial charge in [0.25, 0.3) is 0 Å². The molecule has 0 atom stereocenters. The van der Waals surface area contributed by atoms with Crippen LogP contribution in [0, 0.1) is 0 Å².